The molecule has 0 fully saturated rings. The number of nitrogens with zero attached hydrogens (tertiary/aromatic N) is 2. The lowest BCUT2D eigenvalue weighted by atomic mass is 10.2. The largest absolute Gasteiger partial charge is 0.477 e. The van der Waals surface area contributed by atoms with Crippen LogP contribution >= 0.6 is 0 Å². The quantitative estimate of drug-likeness (QED) is 0.738. The van der Waals surface area contributed by atoms with E-state index in [1.165, 1.54) is 25.6 Å². The third kappa shape index (κ3) is 2.90. The number of aromatic nitrogens is 2. The molecule has 0 aromatic carbocycles. The molecule has 7 heteroatoms. The van der Waals surface area contributed by atoms with Gasteiger partial charge in [0.15, 0.2) is 0 Å². The first kappa shape index (κ1) is 12.9. The molecule has 0 atom stereocenters. The summed E-state index contributed by atoms with van der Waals surface area (Å²) in [5.74, 6) is -1.93. The van der Waals surface area contributed by atoms with Crippen LogP contribution in [0.1, 0.15) is 29.4 Å². The van der Waals surface area contributed by atoms with E-state index in [0.29, 0.717) is 5.69 Å². The molecule has 0 bridgehead atoms. The maximum absolute atomic E-state index is 11.4. The summed E-state index contributed by atoms with van der Waals surface area (Å²) in [6, 6.07) is 0. The van der Waals surface area contributed by atoms with E-state index in [2.05, 4.69) is 10.4 Å². The Morgan fingerprint density at radius 1 is 1.41 bits per heavy atom. The maximum Gasteiger partial charge on any atom is 0.341 e. The Bertz CT molecular complexity index is 490. The van der Waals surface area contributed by atoms with Gasteiger partial charge >= 0.3 is 5.97 Å². The fraction of sp³-hybridized carbons (Fsp3) is 0.400. The van der Waals surface area contributed by atoms with Crippen molar-refractivity contribution in [2.24, 2.45) is 7.05 Å². The van der Waals surface area contributed by atoms with Gasteiger partial charge in [0.2, 0.25) is 5.91 Å². The van der Waals surface area contributed by atoms with Crippen LogP contribution < -0.4 is 5.32 Å². The van der Waals surface area contributed by atoms with E-state index >= 15 is 0 Å². The lowest BCUT2D eigenvalue weighted by molar-refractivity contribution is -0.124. The number of aryl methyl sites for hydroxylation is 2. The first-order valence-corrected chi connectivity index (χ1v) is 4.89. The van der Waals surface area contributed by atoms with Crippen molar-refractivity contribution in [3.05, 3.63) is 11.3 Å². The Hall–Kier alpha value is -2.18. The van der Waals surface area contributed by atoms with Gasteiger partial charge in [-0.25, -0.2) is 4.79 Å². The third-order valence-electron chi connectivity index (χ3n) is 2.10. The summed E-state index contributed by atoms with van der Waals surface area (Å²) in [6.45, 7) is 2.82. The molecule has 17 heavy (non-hydrogen) atoms. The number of carboxylic acids is 1. The highest BCUT2D eigenvalue weighted by atomic mass is 16.4. The Morgan fingerprint density at radius 2 is 2.00 bits per heavy atom. The Balaban J connectivity index is 3.02. The molecule has 1 aromatic heterocycles. The molecule has 92 valence electrons. The van der Waals surface area contributed by atoms with Gasteiger partial charge in [-0.2, -0.15) is 5.10 Å². The highest BCUT2D eigenvalue weighted by Crippen LogP contribution is 2.18. The fourth-order valence-electron chi connectivity index (χ4n) is 1.46. The lowest BCUT2D eigenvalue weighted by Crippen LogP contribution is -2.18. The van der Waals surface area contributed by atoms with E-state index in [4.69, 9.17) is 5.11 Å². The Labute approximate surface area is 97.4 Å². The van der Waals surface area contributed by atoms with Crippen LogP contribution in [0.2, 0.25) is 0 Å². The molecule has 0 radical (unpaired) electrons. The van der Waals surface area contributed by atoms with E-state index in [1.807, 2.05) is 0 Å². The molecule has 1 aromatic rings. The van der Waals surface area contributed by atoms with Crippen LogP contribution in [0, 0.1) is 6.92 Å². The molecule has 2 N–H and O–H groups in total. The molecule has 7 nitrogen and oxygen atoms in total. The molecule has 1 amide bonds. The van der Waals surface area contributed by atoms with Crippen molar-refractivity contribution in [1.29, 1.82) is 0 Å². The monoisotopic (exact) mass is 239 g/mol. The third-order valence-corrected chi connectivity index (χ3v) is 2.10. The van der Waals surface area contributed by atoms with Crippen LogP contribution in [0.4, 0.5) is 5.82 Å². The number of amides is 1. The van der Waals surface area contributed by atoms with Crippen molar-refractivity contribution in [2.75, 3.05) is 5.32 Å². The summed E-state index contributed by atoms with van der Waals surface area (Å²) in [5.41, 5.74) is 0.238. The van der Waals surface area contributed by atoms with E-state index in [9.17, 15) is 14.4 Å². The number of anilines is 1. The topological polar surface area (TPSA) is 101 Å². The second-order valence-corrected chi connectivity index (χ2v) is 3.66. The number of hydrogen-bond donors (Lipinski definition) is 2. The minimum absolute atomic E-state index is 0.0654. The van der Waals surface area contributed by atoms with Crippen LogP contribution in [0.15, 0.2) is 0 Å². The average Bonchev–Trinajstić information content (AvgIpc) is 2.39. The number of carbonyl (C=O) groups excluding carboxylic acids is 2. The summed E-state index contributed by atoms with van der Waals surface area (Å²) < 4.78 is 1.26. The zero-order valence-electron chi connectivity index (χ0n) is 9.77. The van der Waals surface area contributed by atoms with E-state index in [0.717, 1.165) is 0 Å². The standard InChI is InChI=1S/C10H13N3O4/c1-5(14)4-7(15)11-9-8(10(16)17)6(2)12-13(9)3/h4H2,1-3H3,(H,11,15)(H,16,17). The molecule has 0 unspecified atom stereocenters. The molecular formula is C10H13N3O4. The van der Waals surface area contributed by atoms with E-state index < -0.39 is 11.9 Å². The van der Waals surface area contributed by atoms with Gasteiger partial charge in [-0.05, 0) is 13.8 Å². The second kappa shape index (κ2) is 4.77. The SMILES string of the molecule is CC(=O)CC(=O)Nc1c(C(=O)O)c(C)nn1C. The average molecular weight is 239 g/mol. The predicted octanol–water partition coefficient (Wildman–Crippen LogP) is 0.344. The van der Waals surface area contributed by atoms with Gasteiger partial charge in [0.25, 0.3) is 0 Å². The highest BCUT2D eigenvalue weighted by Gasteiger charge is 2.21. The van der Waals surface area contributed by atoms with Gasteiger partial charge in [0.05, 0.1) is 12.1 Å². The highest BCUT2D eigenvalue weighted by molar-refractivity contribution is 6.06. The summed E-state index contributed by atoms with van der Waals surface area (Å²) in [4.78, 5) is 33.1. The smallest absolute Gasteiger partial charge is 0.341 e. The van der Waals surface area contributed by atoms with Gasteiger partial charge in [-0.15, -0.1) is 0 Å². The van der Waals surface area contributed by atoms with Crippen molar-refractivity contribution in [2.45, 2.75) is 20.3 Å². The van der Waals surface area contributed by atoms with Crippen molar-refractivity contribution >= 4 is 23.5 Å². The first-order valence-electron chi connectivity index (χ1n) is 4.89. The Kier molecular flexibility index (Phi) is 3.62. The molecule has 0 aliphatic heterocycles. The van der Waals surface area contributed by atoms with Crippen LogP contribution in [0.25, 0.3) is 0 Å². The zero-order valence-corrected chi connectivity index (χ0v) is 9.77. The molecule has 0 aliphatic carbocycles. The Morgan fingerprint density at radius 3 is 2.47 bits per heavy atom. The van der Waals surface area contributed by atoms with Gasteiger partial charge in [0.1, 0.15) is 17.2 Å². The molecule has 0 aliphatic rings. The minimum atomic E-state index is -1.17. The molecule has 0 saturated heterocycles. The van der Waals surface area contributed by atoms with Gasteiger partial charge in [-0.3, -0.25) is 14.3 Å². The van der Waals surface area contributed by atoms with E-state index in [1.54, 1.807) is 0 Å². The number of carbonyl (C=O) groups is 3. The normalized spacial score (nSPS) is 10.1. The van der Waals surface area contributed by atoms with Gasteiger partial charge in [-0.1, -0.05) is 0 Å². The number of carboxylic acid groups (broad SMARTS) is 1. The summed E-state index contributed by atoms with van der Waals surface area (Å²) in [6.07, 6.45) is -0.288. The van der Waals surface area contributed by atoms with Crippen LogP contribution in [-0.4, -0.2) is 32.5 Å². The molecule has 0 saturated carbocycles. The second-order valence-electron chi connectivity index (χ2n) is 3.66. The predicted molar refractivity (Wildman–Crippen MR) is 58.8 cm³/mol. The first-order chi connectivity index (χ1) is 7.82. The fourth-order valence-corrected chi connectivity index (χ4v) is 1.46. The van der Waals surface area contributed by atoms with Gasteiger partial charge in [0, 0.05) is 7.05 Å². The number of rotatable bonds is 4. The summed E-state index contributed by atoms with van der Waals surface area (Å²) >= 11 is 0. The van der Waals surface area contributed by atoms with Crippen molar-refractivity contribution < 1.29 is 19.5 Å². The summed E-state index contributed by atoms with van der Waals surface area (Å²) in [5, 5.41) is 15.3. The minimum Gasteiger partial charge on any atom is -0.477 e. The molecule has 1 rings (SSSR count). The van der Waals surface area contributed by atoms with E-state index in [-0.39, 0.29) is 23.6 Å². The maximum atomic E-state index is 11.4. The van der Waals surface area contributed by atoms with Gasteiger partial charge < -0.3 is 10.4 Å². The number of nitrogens with one attached hydrogen (secondary N) is 1. The molecule has 0 spiro atoms. The molecule has 1 heterocycles. The van der Waals surface area contributed by atoms with Crippen LogP contribution in [0.3, 0.4) is 0 Å². The zero-order chi connectivity index (χ0) is 13.2. The van der Waals surface area contributed by atoms with Crippen molar-refractivity contribution in [1.82, 2.24) is 9.78 Å². The number of Topliss-reactive ketones (excluding diaryl/α,β-unsaturated/α-hetero) is 1. The molecular weight excluding hydrogens is 226 g/mol. The summed E-state index contributed by atoms with van der Waals surface area (Å²) in [7, 11) is 1.52. The van der Waals surface area contributed by atoms with Crippen LogP contribution in [0.5, 0.6) is 0 Å². The number of hydrogen-bond acceptors (Lipinski definition) is 4. The van der Waals surface area contributed by atoms with Crippen LogP contribution in [-0.2, 0) is 16.6 Å². The number of aromatic carboxylic acids is 1. The van der Waals surface area contributed by atoms with Crippen molar-refractivity contribution in [3.63, 3.8) is 0 Å². The number of ketones is 1. The van der Waals surface area contributed by atoms with Crippen molar-refractivity contribution in [3.8, 4) is 0 Å². The lowest BCUT2D eigenvalue weighted by Gasteiger charge is -2.05.